The van der Waals surface area contributed by atoms with E-state index in [1.165, 1.54) is 36.4 Å². The molecule has 0 aliphatic carbocycles. The van der Waals surface area contributed by atoms with E-state index < -0.39 is 16.7 Å². The van der Waals surface area contributed by atoms with Crippen LogP contribution in [0.25, 0.3) is 6.08 Å². The van der Waals surface area contributed by atoms with Gasteiger partial charge in [0.2, 0.25) is 0 Å². The Morgan fingerprint density at radius 2 is 1.73 bits per heavy atom. The van der Waals surface area contributed by atoms with Crippen LogP contribution >= 0.6 is 15.9 Å². The molecule has 2 N–H and O–H groups in total. The highest BCUT2D eigenvalue weighted by molar-refractivity contribution is 9.10. The third-order valence-corrected chi connectivity index (χ3v) is 3.57. The summed E-state index contributed by atoms with van der Waals surface area (Å²) in [7, 11) is 0. The first kappa shape index (κ1) is 19.1. The van der Waals surface area contributed by atoms with E-state index in [2.05, 4.69) is 26.8 Å². The monoisotopic (exact) mass is 419 g/mol. The average molecular weight is 420 g/mol. The molecule has 2 amide bonds. The van der Waals surface area contributed by atoms with Crippen molar-refractivity contribution in [3.8, 4) is 5.75 Å². The standard InChI is InChI=1S/C17H14BrN3O5/c18-13-4-8-15(9-5-13)26-11-17(23)20-19-16(22)10-3-12-1-6-14(7-2-12)21(24)25/h1-10H,11H2,(H,19,22)(H,20,23)/b10-3+. The largest absolute Gasteiger partial charge is 0.484 e. The number of carbonyl (C=O) groups is 2. The van der Waals surface area contributed by atoms with Crippen molar-refractivity contribution in [1.29, 1.82) is 0 Å². The van der Waals surface area contributed by atoms with Crippen LogP contribution in [0.1, 0.15) is 5.56 Å². The van der Waals surface area contributed by atoms with E-state index in [0.29, 0.717) is 11.3 Å². The highest BCUT2D eigenvalue weighted by atomic mass is 79.9. The molecule has 0 atom stereocenters. The molecule has 0 saturated heterocycles. The van der Waals surface area contributed by atoms with Crippen LogP contribution < -0.4 is 15.6 Å². The number of benzene rings is 2. The first-order valence-electron chi connectivity index (χ1n) is 7.34. The molecule has 9 heteroatoms. The van der Waals surface area contributed by atoms with Crippen LogP contribution in [0.2, 0.25) is 0 Å². The van der Waals surface area contributed by atoms with E-state index in [1.807, 2.05) is 0 Å². The summed E-state index contributed by atoms with van der Waals surface area (Å²) in [6.07, 6.45) is 2.65. The third-order valence-electron chi connectivity index (χ3n) is 3.04. The first-order valence-corrected chi connectivity index (χ1v) is 8.13. The lowest BCUT2D eigenvalue weighted by Gasteiger charge is -2.07. The minimum absolute atomic E-state index is 0.0374. The number of hydrogen-bond acceptors (Lipinski definition) is 5. The fourth-order valence-electron chi connectivity index (χ4n) is 1.77. The predicted molar refractivity (Wildman–Crippen MR) is 98.1 cm³/mol. The summed E-state index contributed by atoms with van der Waals surface area (Å²) in [5, 5.41) is 10.6. The Hall–Kier alpha value is -3.20. The number of rotatable bonds is 6. The van der Waals surface area contributed by atoms with Crippen molar-refractivity contribution >= 4 is 39.5 Å². The number of hydrogen-bond donors (Lipinski definition) is 2. The van der Waals surface area contributed by atoms with Crippen molar-refractivity contribution in [3.63, 3.8) is 0 Å². The molecule has 26 heavy (non-hydrogen) atoms. The number of carbonyl (C=O) groups excluding carboxylic acids is 2. The van der Waals surface area contributed by atoms with Crippen LogP contribution in [-0.4, -0.2) is 23.3 Å². The zero-order valence-corrected chi connectivity index (χ0v) is 14.9. The second-order valence-electron chi connectivity index (χ2n) is 4.96. The molecule has 0 fully saturated rings. The number of halogens is 1. The molecule has 8 nitrogen and oxygen atoms in total. The summed E-state index contributed by atoms with van der Waals surface area (Å²) in [5.74, 6) is -0.557. The number of nitro benzene ring substituents is 1. The van der Waals surface area contributed by atoms with E-state index in [-0.39, 0.29) is 12.3 Å². The molecule has 0 radical (unpaired) electrons. The number of amides is 2. The molecule has 2 rings (SSSR count). The fourth-order valence-corrected chi connectivity index (χ4v) is 2.03. The number of non-ortho nitro benzene ring substituents is 1. The smallest absolute Gasteiger partial charge is 0.276 e. The molecule has 2 aromatic rings. The van der Waals surface area contributed by atoms with Gasteiger partial charge in [0.1, 0.15) is 5.75 Å². The van der Waals surface area contributed by atoms with Crippen molar-refractivity contribution in [2.75, 3.05) is 6.61 Å². The molecule has 0 bridgehead atoms. The van der Waals surface area contributed by atoms with Gasteiger partial charge in [-0.15, -0.1) is 0 Å². The van der Waals surface area contributed by atoms with Crippen LogP contribution in [0.4, 0.5) is 5.69 Å². The average Bonchev–Trinajstić information content (AvgIpc) is 2.64. The second kappa shape index (κ2) is 9.33. The van der Waals surface area contributed by atoms with Crippen LogP contribution in [0.15, 0.2) is 59.1 Å². The number of hydrazine groups is 1. The summed E-state index contributed by atoms with van der Waals surface area (Å²) < 4.78 is 6.15. The van der Waals surface area contributed by atoms with Gasteiger partial charge in [-0.3, -0.25) is 30.6 Å². The van der Waals surface area contributed by atoms with Crippen LogP contribution in [0.5, 0.6) is 5.75 Å². The van der Waals surface area contributed by atoms with E-state index in [4.69, 9.17) is 4.74 Å². The molecule has 0 aliphatic heterocycles. The molecule has 0 aliphatic rings. The minimum atomic E-state index is -0.555. The summed E-state index contributed by atoms with van der Waals surface area (Å²) in [5.41, 5.74) is 4.99. The normalized spacial score (nSPS) is 10.3. The molecule has 0 spiro atoms. The molecule has 134 valence electrons. The first-order chi connectivity index (χ1) is 12.4. The minimum Gasteiger partial charge on any atom is -0.484 e. The third kappa shape index (κ3) is 6.36. The lowest BCUT2D eigenvalue weighted by atomic mass is 10.2. The van der Waals surface area contributed by atoms with Crippen LogP contribution in [-0.2, 0) is 9.59 Å². The molecular weight excluding hydrogens is 406 g/mol. The fraction of sp³-hybridized carbons (Fsp3) is 0.0588. The Balaban J connectivity index is 1.74. The van der Waals surface area contributed by atoms with E-state index in [0.717, 1.165) is 4.47 Å². The lowest BCUT2D eigenvalue weighted by Crippen LogP contribution is -2.43. The van der Waals surface area contributed by atoms with Crippen LogP contribution in [0.3, 0.4) is 0 Å². The summed E-state index contributed by atoms with van der Waals surface area (Å²) in [4.78, 5) is 33.3. The van der Waals surface area contributed by atoms with Gasteiger partial charge in [0.25, 0.3) is 17.5 Å². The van der Waals surface area contributed by atoms with E-state index >= 15 is 0 Å². The number of ether oxygens (including phenoxy) is 1. The van der Waals surface area contributed by atoms with Crippen molar-refractivity contribution in [2.45, 2.75) is 0 Å². The number of nitrogens with zero attached hydrogens (tertiary/aromatic N) is 1. The van der Waals surface area contributed by atoms with Gasteiger partial charge in [-0.25, -0.2) is 0 Å². The zero-order valence-electron chi connectivity index (χ0n) is 13.3. The Kier molecular flexibility index (Phi) is 6.86. The molecule has 0 unspecified atom stereocenters. The summed E-state index contributed by atoms with van der Waals surface area (Å²) in [6.45, 7) is -0.256. The van der Waals surface area contributed by atoms with Gasteiger partial charge in [-0.1, -0.05) is 15.9 Å². The van der Waals surface area contributed by atoms with E-state index in [1.54, 1.807) is 24.3 Å². The Morgan fingerprint density at radius 1 is 1.08 bits per heavy atom. The van der Waals surface area contributed by atoms with Gasteiger partial charge in [-0.2, -0.15) is 0 Å². The number of nitro groups is 1. The van der Waals surface area contributed by atoms with Gasteiger partial charge >= 0.3 is 0 Å². The van der Waals surface area contributed by atoms with Gasteiger partial charge in [-0.05, 0) is 48.0 Å². The van der Waals surface area contributed by atoms with Gasteiger partial charge < -0.3 is 4.74 Å². The maximum atomic E-state index is 11.6. The highest BCUT2D eigenvalue weighted by Crippen LogP contribution is 2.15. The highest BCUT2D eigenvalue weighted by Gasteiger charge is 2.05. The summed E-state index contributed by atoms with van der Waals surface area (Å²) in [6, 6.07) is 12.6. The maximum Gasteiger partial charge on any atom is 0.276 e. The number of nitrogens with one attached hydrogen (secondary N) is 2. The van der Waals surface area contributed by atoms with Gasteiger partial charge in [0, 0.05) is 22.7 Å². The van der Waals surface area contributed by atoms with Crippen molar-refractivity contribution in [3.05, 3.63) is 74.8 Å². The lowest BCUT2D eigenvalue weighted by molar-refractivity contribution is -0.384. The quantitative estimate of drug-likeness (QED) is 0.424. The maximum absolute atomic E-state index is 11.6. The summed E-state index contributed by atoms with van der Waals surface area (Å²) >= 11 is 3.29. The van der Waals surface area contributed by atoms with Gasteiger partial charge in [0.15, 0.2) is 6.61 Å². The predicted octanol–water partition coefficient (Wildman–Crippen LogP) is 2.60. The van der Waals surface area contributed by atoms with Gasteiger partial charge in [0.05, 0.1) is 4.92 Å². The van der Waals surface area contributed by atoms with Crippen molar-refractivity contribution in [1.82, 2.24) is 10.9 Å². The zero-order chi connectivity index (χ0) is 18.9. The molecule has 0 aromatic heterocycles. The molecular formula is C17H14BrN3O5. The van der Waals surface area contributed by atoms with Crippen molar-refractivity contribution < 1.29 is 19.2 Å². The Morgan fingerprint density at radius 3 is 2.35 bits per heavy atom. The molecule has 0 heterocycles. The topological polar surface area (TPSA) is 111 Å². The second-order valence-corrected chi connectivity index (χ2v) is 5.88. The van der Waals surface area contributed by atoms with E-state index in [9.17, 15) is 19.7 Å². The van der Waals surface area contributed by atoms with Crippen molar-refractivity contribution in [2.24, 2.45) is 0 Å². The Bertz CT molecular complexity index is 819. The SMILES string of the molecule is O=C(/C=C/c1ccc([N+](=O)[O-])cc1)NNC(=O)COc1ccc(Br)cc1. The Labute approximate surface area is 157 Å². The van der Waals surface area contributed by atoms with Crippen LogP contribution in [0, 0.1) is 10.1 Å². The molecule has 2 aromatic carbocycles. The molecule has 0 saturated carbocycles.